The minimum Gasteiger partial charge on any atom is -0.496 e. The highest BCUT2D eigenvalue weighted by atomic mass is 19.4. The van der Waals surface area contributed by atoms with E-state index in [1.165, 1.54) is 0 Å². The Balaban J connectivity index is 2.40. The molecule has 7 heteroatoms. The van der Waals surface area contributed by atoms with Crippen molar-refractivity contribution in [3.63, 3.8) is 0 Å². The van der Waals surface area contributed by atoms with Gasteiger partial charge in [-0.2, -0.15) is 13.2 Å². The van der Waals surface area contributed by atoms with E-state index >= 15 is 0 Å². The molecule has 0 saturated carbocycles. The van der Waals surface area contributed by atoms with Gasteiger partial charge in [-0.1, -0.05) is 0 Å². The molecular formula is C12H10F3NO3. The summed E-state index contributed by atoms with van der Waals surface area (Å²) in [6.45, 7) is -0.118. The molecule has 4 nitrogen and oxygen atoms in total. The van der Waals surface area contributed by atoms with Gasteiger partial charge in [-0.3, -0.25) is 9.59 Å². The van der Waals surface area contributed by atoms with Crippen LogP contribution in [0.1, 0.15) is 12.0 Å². The van der Waals surface area contributed by atoms with E-state index < -0.39 is 17.6 Å². The number of alkyl halides is 3. The van der Waals surface area contributed by atoms with Crippen LogP contribution in [0.4, 0.5) is 18.9 Å². The lowest BCUT2D eigenvalue weighted by Crippen LogP contribution is -2.24. The van der Waals surface area contributed by atoms with E-state index in [1.807, 2.05) is 0 Å². The fourth-order valence-electron chi connectivity index (χ4n) is 1.90. The van der Waals surface area contributed by atoms with Crippen LogP contribution in [-0.2, 0) is 15.8 Å². The summed E-state index contributed by atoms with van der Waals surface area (Å²) < 4.78 is 42.7. The summed E-state index contributed by atoms with van der Waals surface area (Å²) >= 11 is 0. The van der Waals surface area contributed by atoms with Gasteiger partial charge in [-0.05, 0) is 12.1 Å². The van der Waals surface area contributed by atoms with E-state index in [9.17, 15) is 22.8 Å². The zero-order valence-corrected chi connectivity index (χ0v) is 9.95. The Labute approximate surface area is 106 Å². The summed E-state index contributed by atoms with van der Waals surface area (Å²) in [6, 6.07) is 3.10. The molecule has 1 heterocycles. The maximum atomic E-state index is 12.7. The minimum atomic E-state index is -4.53. The second kappa shape index (κ2) is 4.56. The number of benzene rings is 1. The summed E-state index contributed by atoms with van der Waals surface area (Å²) in [5.74, 6) is -1.06. The van der Waals surface area contributed by atoms with Crippen molar-refractivity contribution in [2.24, 2.45) is 0 Å². The van der Waals surface area contributed by atoms with Crippen molar-refractivity contribution in [2.45, 2.75) is 12.6 Å². The number of methoxy groups -OCH3 is 1. The van der Waals surface area contributed by atoms with Gasteiger partial charge >= 0.3 is 6.18 Å². The van der Waals surface area contributed by atoms with Crippen LogP contribution in [0.5, 0.6) is 5.75 Å². The first kappa shape index (κ1) is 13.4. The predicted octanol–water partition coefficient (Wildman–Crippen LogP) is 2.02. The molecule has 0 aromatic heterocycles. The first-order chi connectivity index (χ1) is 8.82. The molecule has 0 bridgehead atoms. The number of ketones is 1. The monoisotopic (exact) mass is 273 g/mol. The lowest BCUT2D eigenvalue weighted by atomic mass is 10.1. The van der Waals surface area contributed by atoms with E-state index in [-0.39, 0.29) is 30.2 Å². The average molecular weight is 273 g/mol. The fraction of sp³-hybridized carbons (Fsp3) is 0.333. The van der Waals surface area contributed by atoms with Crippen LogP contribution in [0.2, 0.25) is 0 Å². The lowest BCUT2D eigenvalue weighted by molar-refractivity contribution is -0.138. The van der Waals surface area contributed by atoms with Crippen molar-refractivity contribution in [3.05, 3.63) is 23.8 Å². The Kier molecular flexibility index (Phi) is 3.21. The second-order valence-corrected chi connectivity index (χ2v) is 4.08. The van der Waals surface area contributed by atoms with Crippen molar-refractivity contribution in [1.82, 2.24) is 0 Å². The zero-order chi connectivity index (χ0) is 14.2. The second-order valence-electron chi connectivity index (χ2n) is 4.08. The first-order valence-electron chi connectivity index (χ1n) is 5.40. The SMILES string of the molecule is COc1cc(N2CC(=O)CC2=O)ccc1C(F)(F)F. The third kappa shape index (κ3) is 2.54. The van der Waals surface area contributed by atoms with Gasteiger partial charge in [0.25, 0.3) is 0 Å². The Hall–Kier alpha value is -2.05. The molecule has 1 saturated heterocycles. The summed E-state index contributed by atoms with van der Waals surface area (Å²) in [5, 5.41) is 0. The Morgan fingerprint density at radius 3 is 2.42 bits per heavy atom. The number of Topliss-reactive ketones (excluding diaryl/α,β-unsaturated/α-hetero) is 1. The maximum Gasteiger partial charge on any atom is 0.419 e. The van der Waals surface area contributed by atoms with Crippen molar-refractivity contribution in [2.75, 3.05) is 18.6 Å². The Morgan fingerprint density at radius 2 is 1.95 bits per heavy atom. The number of ether oxygens (including phenoxy) is 1. The van der Waals surface area contributed by atoms with E-state index in [0.29, 0.717) is 0 Å². The van der Waals surface area contributed by atoms with Gasteiger partial charge in [-0.25, -0.2) is 0 Å². The third-order valence-electron chi connectivity index (χ3n) is 2.79. The topological polar surface area (TPSA) is 46.6 Å². The minimum absolute atomic E-state index is 0.118. The van der Waals surface area contributed by atoms with Gasteiger partial charge in [0.2, 0.25) is 5.91 Å². The Morgan fingerprint density at radius 1 is 1.26 bits per heavy atom. The number of carbonyl (C=O) groups excluding carboxylic acids is 2. The van der Waals surface area contributed by atoms with Gasteiger partial charge in [0, 0.05) is 11.8 Å². The smallest absolute Gasteiger partial charge is 0.419 e. The molecule has 0 N–H and O–H groups in total. The maximum absolute atomic E-state index is 12.7. The summed E-state index contributed by atoms with van der Waals surface area (Å²) in [7, 11) is 1.12. The van der Waals surface area contributed by atoms with Crippen LogP contribution in [-0.4, -0.2) is 25.3 Å². The standard InChI is InChI=1S/C12H10F3NO3/c1-19-10-4-7(2-3-9(10)12(13,14)15)16-6-8(17)5-11(16)18/h2-4H,5-6H2,1H3. The van der Waals surface area contributed by atoms with E-state index in [4.69, 9.17) is 4.74 Å². The molecule has 0 radical (unpaired) electrons. The largest absolute Gasteiger partial charge is 0.496 e. The molecular weight excluding hydrogens is 263 g/mol. The fourth-order valence-corrected chi connectivity index (χ4v) is 1.90. The van der Waals surface area contributed by atoms with Crippen molar-refractivity contribution < 1.29 is 27.5 Å². The number of amides is 1. The van der Waals surface area contributed by atoms with Gasteiger partial charge in [0.15, 0.2) is 5.78 Å². The molecule has 1 aliphatic rings. The van der Waals surface area contributed by atoms with E-state index in [0.717, 1.165) is 30.2 Å². The van der Waals surface area contributed by atoms with Crippen LogP contribution in [0, 0.1) is 0 Å². The molecule has 0 unspecified atom stereocenters. The summed E-state index contributed by atoms with van der Waals surface area (Å²) in [5.41, 5.74) is -0.697. The molecule has 102 valence electrons. The zero-order valence-electron chi connectivity index (χ0n) is 9.95. The molecule has 0 spiro atoms. The molecule has 2 rings (SSSR count). The Bertz CT molecular complexity index is 540. The molecule has 0 atom stereocenters. The number of hydrogen-bond acceptors (Lipinski definition) is 3. The van der Waals surface area contributed by atoms with Gasteiger partial charge in [0.1, 0.15) is 5.75 Å². The number of hydrogen-bond donors (Lipinski definition) is 0. The van der Waals surface area contributed by atoms with Crippen molar-refractivity contribution >= 4 is 17.4 Å². The van der Waals surface area contributed by atoms with Crippen LogP contribution in [0.25, 0.3) is 0 Å². The van der Waals surface area contributed by atoms with Gasteiger partial charge in [-0.15, -0.1) is 0 Å². The van der Waals surface area contributed by atoms with E-state index in [2.05, 4.69) is 0 Å². The number of nitrogens with zero attached hydrogens (tertiary/aromatic N) is 1. The number of anilines is 1. The van der Waals surface area contributed by atoms with Gasteiger partial charge < -0.3 is 9.64 Å². The molecule has 1 fully saturated rings. The highest BCUT2D eigenvalue weighted by Gasteiger charge is 2.35. The molecule has 0 aliphatic carbocycles. The molecule has 1 aromatic carbocycles. The summed E-state index contributed by atoms with van der Waals surface area (Å²) in [4.78, 5) is 23.8. The molecule has 1 amide bonds. The van der Waals surface area contributed by atoms with Crippen molar-refractivity contribution in [1.29, 1.82) is 0 Å². The molecule has 1 aliphatic heterocycles. The highest BCUT2D eigenvalue weighted by Crippen LogP contribution is 2.38. The van der Waals surface area contributed by atoms with Crippen LogP contribution in [0.3, 0.4) is 0 Å². The van der Waals surface area contributed by atoms with Gasteiger partial charge in [0.05, 0.1) is 25.6 Å². The first-order valence-corrected chi connectivity index (χ1v) is 5.40. The number of halogens is 3. The average Bonchev–Trinajstić information content (AvgIpc) is 2.66. The molecule has 1 aromatic rings. The highest BCUT2D eigenvalue weighted by molar-refractivity contribution is 6.15. The quantitative estimate of drug-likeness (QED) is 0.774. The predicted molar refractivity (Wildman–Crippen MR) is 60.0 cm³/mol. The normalized spacial score (nSPS) is 16.1. The lowest BCUT2D eigenvalue weighted by Gasteiger charge is -2.18. The van der Waals surface area contributed by atoms with Crippen molar-refractivity contribution in [3.8, 4) is 5.75 Å². The third-order valence-corrected chi connectivity index (χ3v) is 2.79. The van der Waals surface area contributed by atoms with Crippen LogP contribution in [0.15, 0.2) is 18.2 Å². The summed E-state index contributed by atoms with van der Waals surface area (Å²) in [6.07, 6.45) is -4.75. The van der Waals surface area contributed by atoms with E-state index in [1.54, 1.807) is 0 Å². The molecule has 19 heavy (non-hydrogen) atoms. The van der Waals surface area contributed by atoms with Crippen LogP contribution >= 0.6 is 0 Å². The number of rotatable bonds is 2. The number of carbonyl (C=O) groups is 2. The van der Waals surface area contributed by atoms with Crippen LogP contribution < -0.4 is 9.64 Å².